The molecule has 8 aromatic rings. The van der Waals surface area contributed by atoms with E-state index < -0.39 is 105 Å². The van der Waals surface area contributed by atoms with Crippen LogP contribution in [0.5, 0.6) is 0 Å². The molecule has 3 aliphatic rings. The van der Waals surface area contributed by atoms with Gasteiger partial charge in [0.25, 0.3) is 8.32 Å². The summed E-state index contributed by atoms with van der Waals surface area (Å²) in [5.74, 6) is -2.13. The Hall–Kier alpha value is -8.54. The molecule has 0 unspecified atom stereocenters. The highest BCUT2D eigenvalue weighted by atomic mass is 28.4. The van der Waals surface area contributed by atoms with Crippen LogP contribution in [0.25, 0.3) is 0 Å². The van der Waals surface area contributed by atoms with Gasteiger partial charge in [-0.05, 0) is 81.3 Å². The summed E-state index contributed by atoms with van der Waals surface area (Å²) in [6.07, 6.45) is -7.94. The lowest BCUT2D eigenvalue weighted by atomic mass is 10.1. The van der Waals surface area contributed by atoms with Crippen LogP contribution in [0, 0.1) is 0 Å². The molecule has 0 saturated carbocycles. The average molecular weight is 1410 g/mol. The largest absolute Gasteiger partial charge is 0.469 e. The van der Waals surface area contributed by atoms with Gasteiger partial charge in [-0.3, -0.25) is 4.79 Å². The van der Waals surface area contributed by atoms with Crippen LogP contribution < -0.4 is 10.4 Å². The van der Waals surface area contributed by atoms with Crippen molar-refractivity contribution in [2.45, 2.75) is 164 Å². The van der Waals surface area contributed by atoms with Gasteiger partial charge in [0.05, 0.1) is 63.4 Å². The van der Waals surface area contributed by atoms with Gasteiger partial charge >= 0.3 is 23.9 Å². The molecule has 3 aliphatic heterocycles. The number of ether oxygens (including phenoxy) is 13. The molecular formula is C83H92O18Si. The summed E-state index contributed by atoms with van der Waals surface area (Å²) in [6.45, 7) is 6.59. The van der Waals surface area contributed by atoms with Crippen molar-refractivity contribution in [3.63, 3.8) is 0 Å². The number of methoxy groups -OCH3 is 1. The Morgan fingerprint density at radius 2 is 0.657 bits per heavy atom. The lowest BCUT2D eigenvalue weighted by Gasteiger charge is -2.43. The molecule has 11 rings (SSSR count). The second kappa shape index (κ2) is 37.6. The van der Waals surface area contributed by atoms with E-state index in [9.17, 15) is 19.2 Å². The molecular weight excluding hydrogens is 1310 g/mol. The highest BCUT2D eigenvalue weighted by Crippen LogP contribution is 2.40. The predicted octanol–water partition coefficient (Wildman–Crippen LogP) is 13.1. The number of benzene rings is 8. The van der Waals surface area contributed by atoms with Gasteiger partial charge in [0.1, 0.15) is 36.6 Å². The Morgan fingerprint density at radius 3 is 1.00 bits per heavy atom. The van der Waals surface area contributed by atoms with Crippen LogP contribution in [-0.4, -0.2) is 140 Å². The fraction of sp³-hybridized carbons (Fsp3) is 0.373. The Kier molecular flexibility index (Phi) is 27.5. The lowest BCUT2D eigenvalue weighted by molar-refractivity contribution is -0.219. The Morgan fingerprint density at radius 1 is 0.353 bits per heavy atom. The first-order valence-electron chi connectivity index (χ1n) is 35.2. The van der Waals surface area contributed by atoms with Crippen molar-refractivity contribution in [3.05, 3.63) is 276 Å². The second-order valence-corrected chi connectivity index (χ2v) is 30.9. The van der Waals surface area contributed by atoms with Crippen molar-refractivity contribution in [1.82, 2.24) is 0 Å². The van der Waals surface area contributed by atoms with E-state index in [0.29, 0.717) is 24.0 Å². The van der Waals surface area contributed by atoms with Crippen molar-refractivity contribution in [1.29, 1.82) is 0 Å². The molecule has 8 aromatic carbocycles. The number of hydrogen-bond acceptors (Lipinski definition) is 18. The highest BCUT2D eigenvalue weighted by Gasteiger charge is 2.57. The van der Waals surface area contributed by atoms with Crippen molar-refractivity contribution < 1.29 is 85.2 Å². The topological polar surface area (TPSA) is 197 Å². The van der Waals surface area contributed by atoms with E-state index in [1.165, 1.54) is 7.11 Å². The van der Waals surface area contributed by atoms with Gasteiger partial charge in [0.2, 0.25) is 0 Å². The number of carbonyl (C=O) groups excluding carboxylic acids is 4. The van der Waals surface area contributed by atoms with Crippen molar-refractivity contribution in [2.75, 3.05) is 33.5 Å². The third-order valence-electron chi connectivity index (χ3n) is 18.4. The SMILES string of the molecule is COC(=O)CCCCCCCCO[C@H]1O[C@H](CO[C@H]2O[C@H](CO[C@H]3O[C@H](CO[Si](c4ccccc4)(c4ccccc4)C(C)(C)C)[C@@H](OCc4ccccc4)[C@@H]3OC(=O)c3ccccc3)[C@@H](OCc3ccccc3)[C@@H]2OC(=O)c2ccccc2)[C@@H](OCc2ccccc2)[C@@H]1OC(=O)c1ccccc1. The average Bonchev–Trinajstić information content (AvgIpc) is 0.823. The molecule has 0 aliphatic carbocycles. The van der Waals surface area contributed by atoms with E-state index in [4.69, 9.17) is 66.0 Å². The van der Waals surface area contributed by atoms with Crippen molar-refractivity contribution in [3.8, 4) is 0 Å². The van der Waals surface area contributed by atoms with E-state index >= 15 is 0 Å². The molecule has 0 spiro atoms. The van der Waals surface area contributed by atoms with Gasteiger partial charge in [0, 0.05) is 13.0 Å². The van der Waals surface area contributed by atoms with Crippen LogP contribution in [0.1, 0.15) is 113 Å². The molecule has 0 amide bonds. The normalized spacial score (nSPS) is 22.6. The number of unbranched alkanes of at least 4 members (excludes halogenated alkanes) is 5. The van der Waals surface area contributed by atoms with Crippen LogP contribution in [0.4, 0.5) is 0 Å². The van der Waals surface area contributed by atoms with Gasteiger partial charge in [-0.2, -0.15) is 0 Å². The minimum absolute atomic E-state index is 0.000518. The van der Waals surface area contributed by atoms with Gasteiger partial charge in [-0.25, -0.2) is 14.4 Å². The van der Waals surface area contributed by atoms with Gasteiger partial charge in [-0.1, -0.05) is 253 Å². The van der Waals surface area contributed by atoms with E-state index in [0.717, 1.165) is 59.2 Å². The number of hydrogen-bond donors (Lipinski definition) is 0. The van der Waals surface area contributed by atoms with Gasteiger partial charge in [0.15, 0.2) is 37.2 Å². The van der Waals surface area contributed by atoms with E-state index in [1.807, 2.05) is 140 Å². The maximum atomic E-state index is 14.6. The molecule has 3 heterocycles. The Labute approximate surface area is 598 Å². The maximum absolute atomic E-state index is 14.6. The lowest BCUT2D eigenvalue weighted by Crippen LogP contribution is -2.67. The van der Waals surface area contributed by atoms with Gasteiger partial charge < -0.3 is 66.0 Å². The summed E-state index contributed by atoms with van der Waals surface area (Å²) >= 11 is 0. The van der Waals surface area contributed by atoms with Crippen molar-refractivity contribution in [2.24, 2.45) is 0 Å². The smallest absolute Gasteiger partial charge is 0.338 e. The third-order valence-corrected chi connectivity index (χ3v) is 23.4. The quantitative estimate of drug-likeness (QED) is 0.0155. The zero-order valence-corrected chi connectivity index (χ0v) is 59.3. The maximum Gasteiger partial charge on any atom is 0.338 e. The molecule has 0 N–H and O–H groups in total. The minimum Gasteiger partial charge on any atom is -0.469 e. The molecule has 12 atom stereocenters. The first-order valence-corrected chi connectivity index (χ1v) is 37.1. The molecule has 3 saturated heterocycles. The first kappa shape index (κ1) is 74.6. The molecule has 3 fully saturated rings. The molecule has 19 heteroatoms. The van der Waals surface area contributed by atoms with E-state index in [1.54, 1.807) is 78.9 Å². The summed E-state index contributed by atoms with van der Waals surface area (Å²) in [6, 6.07) is 75.4. The summed E-state index contributed by atoms with van der Waals surface area (Å²) in [5.41, 5.74) is 3.43. The minimum atomic E-state index is -3.22. The fourth-order valence-electron chi connectivity index (χ4n) is 13.2. The number of carbonyl (C=O) groups is 4. The number of esters is 4. The van der Waals surface area contributed by atoms with Gasteiger partial charge in [-0.15, -0.1) is 0 Å². The van der Waals surface area contributed by atoms with Crippen LogP contribution in [0.15, 0.2) is 243 Å². The monoisotopic (exact) mass is 1400 g/mol. The second-order valence-electron chi connectivity index (χ2n) is 26.6. The third kappa shape index (κ3) is 20.0. The molecule has 0 bridgehead atoms. The fourth-order valence-corrected chi connectivity index (χ4v) is 17.8. The first-order chi connectivity index (χ1) is 49.8. The molecule has 102 heavy (non-hydrogen) atoms. The van der Waals surface area contributed by atoms with Crippen LogP contribution >= 0.6 is 0 Å². The molecule has 0 radical (unpaired) electrons. The number of rotatable bonds is 36. The van der Waals surface area contributed by atoms with Crippen molar-refractivity contribution >= 4 is 42.6 Å². The molecule has 0 aromatic heterocycles. The zero-order valence-electron chi connectivity index (χ0n) is 58.3. The van der Waals surface area contributed by atoms with Crippen LogP contribution in [0.3, 0.4) is 0 Å². The molecule has 18 nitrogen and oxygen atoms in total. The summed E-state index contributed by atoms with van der Waals surface area (Å²) in [7, 11) is -1.83. The Balaban J connectivity index is 0.911. The molecule has 536 valence electrons. The Bertz CT molecular complexity index is 3760. The zero-order chi connectivity index (χ0) is 70.9. The summed E-state index contributed by atoms with van der Waals surface area (Å²) < 4.78 is 93.8. The summed E-state index contributed by atoms with van der Waals surface area (Å²) in [4.78, 5) is 55.0. The summed E-state index contributed by atoms with van der Waals surface area (Å²) in [5, 5.41) is 1.70. The van der Waals surface area contributed by atoms with E-state index in [-0.39, 0.29) is 57.8 Å². The predicted molar refractivity (Wildman–Crippen MR) is 384 cm³/mol. The highest BCUT2D eigenvalue weighted by molar-refractivity contribution is 6.99. The van der Waals surface area contributed by atoms with Crippen LogP contribution in [-0.2, 0) is 90.6 Å². The standard InChI is InChI=1S/C83H92O18Si/c1-83(2,3)102(65-47-29-15-30-48-65,66-49-31-16-32-50-66)95-58-69-73(92-55-61-39-21-11-22-40-61)76(101-79(87)64-45-27-14-28-46-64)82(98-69)94-57-68-72(91-54-60-37-19-10-20-38-60)75(100-78(86)63-43-25-13-26-44-63)81(97-68)93-56-67-71(90-53-59-35-17-9-18-36-59)74(99-77(85)62-41-23-12-24-42-62)80(96-67)89-52-34-8-6-5-7-33-51-70(84)88-4/h9-32,35-50,67-69,71-76,80-82H,5-8,33-34,51-58H2,1-4H3/t67-,68-,69-,71-,72-,73-,74+,75+,76+,80+,81+,82+/m1/s1. The van der Waals surface area contributed by atoms with Crippen LogP contribution in [0.2, 0.25) is 5.04 Å². The van der Waals surface area contributed by atoms with E-state index in [2.05, 4.69) is 45.0 Å².